The first-order valence-electron chi connectivity index (χ1n) is 4.21. The molecule has 0 aromatic carbocycles. The molecule has 0 rings (SSSR count). The van der Waals surface area contributed by atoms with Crippen molar-refractivity contribution in [3.63, 3.8) is 0 Å². The van der Waals surface area contributed by atoms with Gasteiger partial charge in [0, 0.05) is 5.54 Å². The number of hydrogen-bond donors (Lipinski definition) is 2. The molecular weight excluding hydrogens is 166 g/mol. The first kappa shape index (κ1) is 11.9. The van der Waals surface area contributed by atoms with E-state index in [-0.39, 0.29) is 0 Å². The number of carbonyl (C=O) groups is 1. The van der Waals surface area contributed by atoms with Crippen molar-refractivity contribution in [2.75, 3.05) is 0 Å². The van der Waals surface area contributed by atoms with Gasteiger partial charge in [-0.05, 0) is 12.8 Å². The zero-order chi connectivity index (χ0) is 10.5. The molecule has 3 heteroatoms. The minimum atomic E-state index is -0.883. The molecule has 0 aromatic heterocycles. The molecule has 0 amide bonds. The van der Waals surface area contributed by atoms with Crippen LogP contribution in [0.2, 0.25) is 0 Å². The van der Waals surface area contributed by atoms with Gasteiger partial charge in [0.1, 0.15) is 0 Å². The van der Waals surface area contributed by atoms with Crippen LogP contribution in [0.4, 0.5) is 0 Å². The monoisotopic (exact) mass is 183 g/mol. The average Bonchev–Trinajstić information content (AvgIpc) is 2.03. The lowest BCUT2D eigenvalue weighted by Gasteiger charge is -2.31. The molecule has 0 bridgehead atoms. The summed E-state index contributed by atoms with van der Waals surface area (Å²) in [5, 5.41) is 8.82. The number of carboxylic acids is 1. The van der Waals surface area contributed by atoms with E-state index in [4.69, 9.17) is 10.8 Å². The van der Waals surface area contributed by atoms with E-state index >= 15 is 0 Å². The van der Waals surface area contributed by atoms with Crippen LogP contribution in [-0.4, -0.2) is 16.6 Å². The molecule has 0 aliphatic heterocycles. The molecule has 13 heavy (non-hydrogen) atoms. The lowest BCUT2D eigenvalue weighted by atomic mass is 9.80. The SMILES string of the molecule is C=CCC(N)(CC=C)C(C)C(=O)O. The highest BCUT2D eigenvalue weighted by atomic mass is 16.4. The highest BCUT2D eigenvalue weighted by Crippen LogP contribution is 2.23. The van der Waals surface area contributed by atoms with Crippen LogP contribution in [0.5, 0.6) is 0 Å². The second-order valence-electron chi connectivity index (χ2n) is 3.28. The van der Waals surface area contributed by atoms with Crippen LogP contribution in [0, 0.1) is 5.92 Å². The molecule has 0 aliphatic carbocycles. The van der Waals surface area contributed by atoms with Gasteiger partial charge < -0.3 is 10.8 Å². The van der Waals surface area contributed by atoms with E-state index < -0.39 is 17.4 Å². The Kier molecular flexibility index (Phi) is 4.42. The molecular formula is C10H17NO2. The van der Waals surface area contributed by atoms with Crippen molar-refractivity contribution < 1.29 is 9.90 Å². The fourth-order valence-corrected chi connectivity index (χ4v) is 1.22. The Balaban J connectivity index is 4.64. The summed E-state index contributed by atoms with van der Waals surface area (Å²) in [5.74, 6) is -1.48. The second-order valence-corrected chi connectivity index (χ2v) is 3.28. The number of aliphatic carboxylic acids is 1. The minimum absolute atomic E-state index is 0.479. The van der Waals surface area contributed by atoms with Crippen LogP contribution in [0.15, 0.2) is 25.3 Å². The van der Waals surface area contributed by atoms with E-state index in [9.17, 15) is 4.79 Å². The Hall–Kier alpha value is -1.09. The predicted molar refractivity (Wildman–Crippen MR) is 53.3 cm³/mol. The number of carboxylic acid groups (broad SMARTS) is 1. The van der Waals surface area contributed by atoms with Gasteiger partial charge in [-0.15, -0.1) is 13.2 Å². The summed E-state index contributed by atoms with van der Waals surface area (Å²) in [4.78, 5) is 10.7. The van der Waals surface area contributed by atoms with Crippen molar-refractivity contribution in [3.8, 4) is 0 Å². The first-order chi connectivity index (χ1) is 5.98. The van der Waals surface area contributed by atoms with Crippen molar-refractivity contribution in [2.45, 2.75) is 25.3 Å². The van der Waals surface area contributed by atoms with E-state index in [0.717, 1.165) is 0 Å². The van der Waals surface area contributed by atoms with Crippen LogP contribution < -0.4 is 5.73 Å². The van der Waals surface area contributed by atoms with E-state index in [0.29, 0.717) is 12.8 Å². The molecule has 0 heterocycles. The molecule has 0 aromatic rings. The Labute approximate surface area is 78.9 Å². The Morgan fingerprint density at radius 2 is 1.92 bits per heavy atom. The van der Waals surface area contributed by atoms with Crippen molar-refractivity contribution in [2.24, 2.45) is 11.7 Å². The van der Waals surface area contributed by atoms with Gasteiger partial charge in [0.15, 0.2) is 0 Å². The van der Waals surface area contributed by atoms with Gasteiger partial charge in [0.25, 0.3) is 0 Å². The fourth-order valence-electron chi connectivity index (χ4n) is 1.22. The number of nitrogens with two attached hydrogens (primary N) is 1. The van der Waals surface area contributed by atoms with E-state index in [1.165, 1.54) is 0 Å². The van der Waals surface area contributed by atoms with Crippen molar-refractivity contribution in [3.05, 3.63) is 25.3 Å². The zero-order valence-electron chi connectivity index (χ0n) is 7.99. The maximum absolute atomic E-state index is 10.7. The van der Waals surface area contributed by atoms with Crippen molar-refractivity contribution in [1.82, 2.24) is 0 Å². The molecule has 3 nitrogen and oxygen atoms in total. The van der Waals surface area contributed by atoms with Gasteiger partial charge in [-0.2, -0.15) is 0 Å². The van der Waals surface area contributed by atoms with Crippen molar-refractivity contribution in [1.29, 1.82) is 0 Å². The van der Waals surface area contributed by atoms with Gasteiger partial charge in [-0.25, -0.2) is 0 Å². The van der Waals surface area contributed by atoms with Crippen LogP contribution in [-0.2, 0) is 4.79 Å². The second kappa shape index (κ2) is 4.82. The number of rotatable bonds is 6. The first-order valence-corrected chi connectivity index (χ1v) is 4.21. The van der Waals surface area contributed by atoms with Gasteiger partial charge in [0.05, 0.1) is 5.92 Å². The molecule has 0 saturated heterocycles. The molecule has 0 radical (unpaired) electrons. The summed E-state index contributed by atoms with van der Waals surface area (Å²) in [5.41, 5.74) is 5.19. The average molecular weight is 183 g/mol. The lowest BCUT2D eigenvalue weighted by molar-refractivity contribution is -0.143. The largest absolute Gasteiger partial charge is 0.481 e. The predicted octanol–water partition coefficient (Wildman–Crippen LogP) is 1.56. The van der Waals surface area contributed by atoms with Gasteiger partial charge in [-0.3, -0.25) is 4.79 Å². The number of hydrogen-bond acceptors (Lipinski definition) is 2. The quantitative estimate of drug-likeness (QED) is 0.614. The molecule has 3 N–H and O–H groups in total. The maximum atomic E-state index is 10.7. The summed E-state index contributed by atoms with van der Waals surface area (Å²) >= 11 is 0. The molecule has 0 aliphatic rings. The smallest absolute Gasteiger partial charge is 0.308 e. The maximum Gasteiger partial charge on any atom is 0.308 e. The Morgan fingerprint density at radius 1 is 1.54 bits per heavy atom. The Bertz CT molecular complexity index is 201. The van der Waals surface area contributed by atoms with E-state index in [1.807, 2.05) is 0 Å². The highest BCUT2D eigenvalue weighted by Gasteiger charge is 2.34. The highest BCUT2D eigenvalue weighted by molar-refractivity contribution is 5.71. The lowest BCUT2D eigenvalue weighted by Crippen LogP contribution is -2.48. The van der Waals surface area contributed by atoms with Gasteiger partial charge in [-0.1, -0.05) is 19.1 Å². The molecule has 0 saturated carbocycles. The third-order valence-corrected chi connectivity index (χ3v) is 2.28. The standard InChI is InChI=1S/C10H17NO2/c1-4-6-10(11,7-5-2)8(3)9(12)13/h4-5,8H,1-2,6-7,11H2,3H3,(H,12,13). The van der Waals surface area contributed by atoms with Gasteiger partial charge in [0.2, 0.25) is 0 Å². The Morgan fingerprint density at radius 3 is 2.15 bits per heavy atom. The third kappa shape index (κ3) is 3.03. The van der Waals surface area contributed by atoms with Crippen LogP contribution >= 0.6 is 0 Å². The summed E-state index contributed by atoms with van der Waals surface area (Å²) in [7, 11) is 0. The third-order valence-electron chi connectivity index (χ3n) is 2.28. The summed E-state index contributed by atoms with van der Waals surface area (Å²) in [6.45, 7) is 8.73. The summed E-state index contributed by atoms with van der Waals surface area (Å²) in [6, 6.07) is 0. The molecule has 74 valence electrons. The van der Waals surface area contributed by atoms with Crippen LogP contribution in [0.25, 0.3) is 0 Å². The molecule has 0 spiro atoms. The summed E-state index contributed by atoms with van der Waals surface area (Å²) < 4.78 is 0. The van der Waals surface area contributed by atoms with Crippen LogP contribution in [0.1, 0.15) is 19.8 Å². The van der Waals surface area contributed by atoms with Crippen LogP contribution in [0.3, 0.4) is 0 Å². The normalized spacial score (nSPS) is 13.4. The van der Waals surface area contributed by atoms with E-state index in [1.54, 1.807) is 19.1 Å². The topological polar surface area (TPSA) is 63.3 Å². The van der Waals surface area contributed by atoms with Crippen molar-refractivity contribution >= 4 is 5.97 Å². The summed E-state index contributed by atoms with van der Waals surface area (Å²) in [6.07, 6.45) is 4.24. The van der Waals surface area contributed by atoms with Gasteiger partial charge >= 0.3 is 5.97 Å². The van der Waals surface area contributed by atoms with E-state index in [2.05, 4.69) is 13.2 Å². The molecule has 1 unspecified atom stereocenters. The zero-order valence-corrected chi connectivity index (χ0v) is 7.99. The molecule has 1 atom stereocenters. The molecule has 0 fully saturated rings. The minimum Gasteiger partial charge on any atom is -0.481 e. The fraction of sp³-hybridized carbons (Fsp3) is 0.500.